The molecule has 0 heterocycles. The van der Waals surface area contributed by atoms with Gasteiger partial charge in [0.05, 0.1) is 12.1 Å². The van der Waals surface area contributed by atoms with Gasteiger partial charge in [0.15, 0.2) is 0 Å². The third-order valence-corrected chi connectivity index (χ3v) is 8.71. The van der Waals surface area contributed by atoms with Gasteiger partial charge in [-0.3, -0.25) is 9.59 Å². The first-order valence-electron chi connectivity index (χ1n) is 15.8. The van der Waals surface area contributed by atoms with Gasteiger partial charge in [-0.25, -0.2) is 0 Å². The molecular formula is C42H36N2O4. The molecule has 6 heteroatoms. The number of benzene rings is 6. The molecule has 4 N–H and O–H groups in total. The van der Waals surface area contributed by atoms with E-state index in [-0.39, 0.29) is 0 Å². The number of carbonyl (C=O) groups excluding carboxylic acids is 2. The molecular weight excluding hydrogens is 596 g/mol. The number of hydrogen-bond donors (Lipinski definition) is 4. The molecule has 6 aromatic carbocycles. The summed E-state index contributed by atoms with van der Waals surface area (Å²) in [6.07, 6.45) is 0. The van der Waals surface area contributed by atoms with Gasteiger partial charge in [-0.2, -0.15) is 0 Å². The van der Waals surface area contributed by atoms with E-state index in [2.05, 4.69) is 10.6 Å². The van der Waals surface area contributed by atoms with Gasteiger partial charge in [0.25, 0.3) is 0 Å². The Morgan fingerprint density at radius 1 is 0.375 bits per heavy atom. The van der Waals surface area contributed by atoms with Crippen LogP contribution >= 0.6 is 0 Å². The van der Waals surface area contributed by atoms with E-state index in [1.165, 1.54) is 0 Å². The Bertz CT molecular complexity index is 1700. The molecule has 0 saturated heterocycles. The quantitative estimate of drug-likeness (QED) is 0.128. The smallest absolute Gasteiger partial charge is 0.309 e. The van der Waals surface area contributed by atoms with E-state index < -0.39 is 35.1 Å². The van der Waals surface area contributed by atoms with Gasteiger partial charge in [0.2, 0.25) is 0 Å². The minimum atomic E-state index is -1.76. The topological polar surface area (TPSA) is 98.7 Å². The van der Waals surface area contributed by atoms with E-state index in [1.54, 1.807) is 72.8 Å². The predicted molar refractivity (Wildman–Crippen MR) is 186 cm³/mol. The van der Waals surface area contributed by atoms with Gasteiger partial charge in [-0.05, 0) is 33.4 Å². The number of amides is 2. The zero-order valence-corrected chi connectivity index (χ0v) is 26.2. The van der Waals surface area contributed by atoms with Crippen LogP contribution in [0.2, 0.25) is 0 Å². The largest absolute Gasteiger partial charge is 0.378 e. The van der Waals surface area contributed by atoms with Crippen LogP contribution in [0.1, 0.15) is 45.5 Å². The lowest BCUT2D eigenvalue weighted by Crippen LogP contribution is -2.52. The van der Waals surface area contributed by atoms with Crippen molar-refractivity contribution in [2.24, 2.45) is 0 Å². The lowest BCUT2D eigenvalue weighted by atomic mass is 9.77. The molecule has 0 saturated carbocycles. The third kappa shape index (κ3) is 6.40. The normalized spacial score (nSPS) is 12.8. The maximum atomic E-state index is 14.1. The summed E-state index contributed by atoms with van der Waals surface area (Å²) in [5.41, 5.74) is -0.171. The molecule has 2 atom stereocenters. The summed E-state index contributed by atoms with van der Waals surface area (Å²) in [7, 11) is 0. The second kappa shape index (κ2) is 14.3. The Morgan fingerprint density at radius 2 is 0.583 bits per heavy atom. The second-order valence-electron chi connectivity index (χ2n) is 11.6. The molecule has 238 valence electrons. The standard InChI is InChI=1S/C42H36N2O4/c45-39(43-37(31-19-7-1-8-20-31)41(47,33-23-11-3-12-24-33)34-25-13-4-14-26-34)40(46)44-38(32-21-9-2-10-22-32)42(48,35-27-15-5-16-28-35)36-29-17-6-18-30-36/h1-30,37-38,47-48H,(H,43,45)(H,44,46). The van der Waals surface area contributed by atoms with Gasteiger partial charge in [-0.15, -0.1) is 0 Å². The zero-order chi connectivity index (χ0) is 33.4. The van der Waals surface area contributed by atoms with E-state index in [9.17, 15) is 19.8 Å². The van der Waals surface area contributed by atoms with Crippen LogP contribution in [0.25, 0.3) is 0 Å². The molecule has 0 spiro atoms. The van der Waals surface area contributed by atoms with Crippen molar-refractivity contribution in [2.45, 2.75) is 23.3 Å². The van der Waals surface area contributed by atoms with E-state index in [4.69, 9.17) is 0 Å². The van der Waals surface area contributed by atoms with Gasteiger partial charge in [-0.1, -0.05) is 182 Å². The highest BCUT2D eigenvalue weighted by atomic mass is 16.3. The Hall–Kier alpha value is -5.82. The molecule has 6 nitrogen and oxygen atoms in total. The van der Waals surface area contributed by atoms with Crippen LogP contribution in [0.4, 0.5) is 0 Å². The fourth-order valence-electron chi connectivity index (χ4n) is 6.31. The fourth-order valence-corrected chi connectivity index (χ4v) is 6.31. The van der Waals surface area contributed by atoms with Crippen LogP contribution in [0, 0.1) is 0 Å². The van der Waals surface area contributed by atoms with Crippen molar-refractivity contribution in [2.75, 3.05) is 0 Å². The molecule has 0 aliphatic carbocycles. The minimum absolute atomic E-state index is 0.537. The molecule has 0 bridgehead atoms. The first kappa shape index (κ1) is 32.1. The number of rotatable bonds is 10. The highest BCUT2D eigenvalue weighted by molar-refractivity contribution is 6.35. The van der Waals surface area contributed by atoms with Gasteiger partial charge < -0.3 is 20.8 Å². The summed E-state index contributed by atoms with van der Waals surface area (Å²) in [5.74, 6) is -1.95. The van der Waals surface area contributed by atoms with E-state index >= 15 is 0 Å². The maximum absolute atomic E-state index is 14.1. The first-order chi connectivity index (χ1) is 23.4. The average Bonchev–Trinajstić information content (AvgIpc) is 3.17. The SMILES string of the molecule is O=C(NC(c1ccccc1)C(O)(c1ccccc1)c1ccccc1)C(=O)NC(c1ccccc1)C(O)(c1ccccc1)c1ccccc1. The summed E-state index contributed by atoms with van der Waals surface area (Å²) >= 11 is 0. The van der Waals surface area contributed by atoms with Crippen molar-refractivity contribution in [3.05, 3.63) is 215 Å². The molecule has 0 fully saturated rings. The van der Waals surface area contributed by atoms with Gasteiger partial charge in [0, 0.05) is 0 Å². The molecule has 6 aromatic rings. The molecule has 0 radical (unpaired) electrons. The average molecular weight is 633 g/mol. The van der Waals surface area contributed by atoms with Crippen molar-refractivity contribution >= 4 is 11.8 Å². The summed E-state index contributed by atoms with van der Waals surface area (Å²) < 4.78 is 0. The monoisotopic (exact) mass is 632 g/mol. The van der Waals surface area contributed by atoms with Crippen molar-refractivity contribution in [1.29, 1.82) is 0 Å². The van der Waals surface area contributed by atoms with Crippen molar-refractivity contribution < 1.29 is 19.8 Å². The number of nitrogens with one attached hydrogen (secondary N) is 2. The van der Waals surface area contributed by atoms with Gasteiger partial charge >= 0.3 is 11.8 Å². The van der Waals surface area contributed by atoms with Crippen LogP contribution in [-0.4, -0.2) is 22.0 Å². The molecule has 0 aliphatic heterocycles. The van der Waals surface area contributed by atoms with Crippen LogP contribution in [0.5, 0.6) is 0 Å². The number of aliphatic hydroxyl groups is 2. The first-order valence-corrected chi connectivity index (χ1v) is 15.8. The second-order valence-corrected chi connectivity index (χ2v) is 11.6. The maximum Gasteiger partial charge on any atom is 0.309 e. The number of hydrogen-bond acceptors (Lipinski definition) is 4. The molecule has 6 rings (SSSR count). The van der Waals surface area contributed by atoms with E-state index in [1.807, 2.05) is 109 Å². The Kier molecular flexibility index (Phi) is 9.57. The molecule has 2 amide bonds. The fraction of sp³-hybridized carbons (Fsp3) is 0.0952. The van der Waals surface area contributed by atoms with Crippen LogP contribution in [0.3, 0.4) is 0 Å². The van der Waals surface area contributed by atoms with E-state index in [0.717, 1.165) is 0 Å². The summed E-state index contributed by atoms with van der Waals surface area (Å²) in [4.78, 5) is 28.2. The highest BCUT2D eigenvalue weighted by Gasteiger charge is 2.45. The molecule has 0 aromatic heterocycles. The molecule has 48 heavy (non-hydrogen) atoms. The Morgan fingerprint density at radius 3 is 0.812 bits per heavy atom. The summed E-state index contributed by atoms with van der Waals surface area (Å²) in [6, 6.07) is 52.3. The minimum Gasteiger partial charge on any atom is -0.378 e. The van der Waals surface area contributed by atoms with Gasteiger partial charge in [0.1, 0.15) is 11.2 Å². The Balaban J connectivity index is 1.42. The van der Waals surface area contributed by atoms with Crippen LogP contribution in [0.15, 0.2) is 182 Å². The molecule has 0 aliphatic rings. The van der Waals surface area contributed by atoms with Crippen molar-refractivity contribution in [3.8, 4) is 0 Å². The lowest BCUT2D eigenvalue weighted by molar-refractivity contribution is -0.142. The lowest BCUT2D eigenvalue weighted by Gasteiger charge is -2.39. The highest BCUT2D eigenvalue weighted by Crippen LogP contribution is 2.43. The van der Waals surface area contributed by atoms with Crippen molar-refractivity contribution in [1.82, 2.24) is 10.6 Å². The predicted octanol–water partition coefficient (Wildman–Crippen LogP) is 6.57. The van der Waals surface area contributed by atoms with Crippen LogP contribution < -0.4 is 10.6 Å². The van der Waals surface area contributed by atoms with Crippen molar-refractivity contribution in [3.63, 3.8) is 0 Å². The van der Waals surface area contributed by atoms with E-state index in [0.29, 0.717) is 33.4 Å². The third-order valence-electron chi connectivity index (χ3n) is 8.71. The number of carbonyl (C=O) groups is 2. The zero-order valence-electron chi connectivity index (χ0n) is 26.2. The van der Waals surface area contributed by atoms with Crippen LogP contribution in [-0.2, 0) is 20.8 Å². The molecule has 2 unspecified atom stereocenters. The summed E-state index contributed by atoms with van der Waals surface area (Å²) in [5, 5.41) is 31.1. The summed E-state index contributed by atoms with van der Waals surface area (Å²) in [6.45, 7) is 0. The Labute approximate surface area is 280 Å².